The Bertz CT molecular complexity index is 1060. The third-order valence-electron chi connectivity index (χ3n) is 4.41. The van der Waals surface area contributed by atoms with Crippen LogP contribution >= 0.6 is 0 Å². The van der Waals surface area contributed by atoms with Crippen molar-refractivity contribution in [3.63, 3.8) is 0 Å². The van der Waals surface area contributed by atoms with Gasteiger partial charge in [-0.1, -0.05) is 18.2 Å². The molecule has 2 aromatic rings. The third kappa shape index (κ3) is 4.28. The van der Waals surface area contributed by atoms with E-state index in [4.69, 9.17) is 5.26 Å². The van der Waals surface area contributed by atoms with Crippen molar-refractivity contribution >= 4 is 17.5 Å². The maximum Gasteiger partial charge on any atom is 0.401 e. The Hall–Kier alpha value is -3.78. The molecule has 0 radical (unpaired) electrons. The minimum Gasteiger partial charge on any atom is -0.272 e. The summed E-state index contributed by atoms with van der Waals surface area (Å²) in [7, 11) is 0. The molecule has 3 rings (SSSR count). The summed E-state index contributed by atoms with van der Waals surface area (Å²) in [5.41, 5.74) is -0.477. The number of nitro benzene ring substituents is 1. The van der Waals surface area contributed by atoms with Crippen molar-refractivity contribution < 1.29 is 27.7 Å². The second-order valence-corrected chi connectivity index (χ2v) is 6.55. The van der Waals surface area contributed by atoms with Crippen LogP contribution in [0.1, 0.15) is 31.8 Å². The lowest BCUT2D eigenvalue weighted by Crippen LogP contribution is -2.44. The zero-order valence-corrected chi connectivity index (χ0v) is 15.2. The van der Waals surface area contributed by atoms with Crippen LogP contribution in [0.25, 0.3) is 0 Å². The van der Waals surface area contributed by atoms with E-state index in [2.05, 4.69) is 0 Å². The standard InChI is InChI=1S/C19H13F3N4O4/c20-19(21,22)10-24(9-13-6-4-12(8-23)5-7-13)11-25-17(27)14-2-1-3-15(26(29)30)16(14)18(25)28/h1-7H,9-11H2. The summed E-state index contributed by atoms with van der Waals surface area (Å²) in [5.74, 6) is -1.92. The van der Waals surface area contributed by atoms with Crippen molar-refractivity contribution in [3.8, 4) is 6.07 Å². The van der Waals surface area contributed by atoms with E-state index in [1.165, 1.54) is 36.4 Å². The van der Waals surface area contributed by atoms with Gasteiger partial charge in [-0.15, -0.1) is 0 Å². The summed E-state index contributed by atoms with van der Waals surface area (Å²) >= 11 is 0. The molecule has 8 nitrogen and oxygen atoms in total. The number of nitro groups is 1. The number of hydrogen-bond donors (Lipinski definition) is 0. The normalized spacial score (nSPS) is 13.5. The zero-order valence-electron chi connectivity index (χ0n) is 15.2. The van der Waals surface area contributed by atoms with Crippen LogP contribution in [-0.4, -0.2) is 45.9 Å². The van der Waals surface area contributed by atoms with Crippen molar-refractivity contribution in [1.82, 2.24) is 9.80 Å². The maximum atomic E-state index is 13.1. The van der Waals surface area contributed by atoms with Crippen molar-refractivity contribution in [2.24, 2.45) is 0 Å². The highest BCUT2D eigenvalue weighted by atomic mass is 19.4. The van der Waals surface area contributed by atoms with Crippen LogP contribution in [0, 0.1) is 21.4 Å². The van der Waals surface area contributed by atoms with E-state index in [9.17, 15) is 32.9 Å². The molecule has 0 N–H and O–H groups in total. The summed E-state index contributed by atoms with van der Waals surface area (Å²) in [4.78, 5) is 36.9. The minimum absolute atomic E-state index is 0.223. The van der Waals surface area contributed by atoms with Crippen molar-refractivity contribution in [3.05, 3.63) is 74.8 Å². The Morgan fingerprint density at radius 1 is 1.10 bits per heavy atom. The first-order valence-electron chi connectivity index (χ1n) is 8.52. The minimum atomic E-state index is -4.61. The van der Waals surface area contributed by atoms with E-state index in [1.54, 1.807) is 0 Å². The van der Waals surface area contributed by atoms with Gasteiger partial charge in [0.15, 0.2) is 0 Å². The van der Waals surface area contributed by atoms with Gasteiger partial charge >= 0.3 is 6.18 Å². The number of amides is 2. The molecule has 1 heterocycles. The molecule has 2 amide bonds. The average Bonchev–Trinajstić information content (AvgIpc) is 2.92. The summed E-state index contributed by atoms with van der Waals surface area (Å²) < 4.78 is 39.2. The van der Waals surface area contributed by atoms with Crippen molar-refractivity contribution in [1.29, 1.82) is 5.26 Å². The lowest BCUT2D eigenvalue weighted by molar-refractivity contribution is -0.385. The largest absolute Gasteiger partial charge is 0.401 e. The number of nitrogens with zero attached hydrogens (tertiary/aromatic N) is 4. The van der Waals surface area contributed by atoms with Gasteiger partial charge in [0.2, 0.25) is 0 Å². The second-order valence-electron chi connectivity index (χ2n) is 6.55. The SMILES string of the molecule is N#Cc1ccc(CN(CN2C(=O)c3cccc([N+](=O)[O-])c3C2=O)CC(F)(F)F)cc1. The molecule has 0 aromatic heterocycles. The number of nitriles is 1. The van der Waals surface area contributed by atoms with Gasteiger partial charge in [0.05, 0.1) is 35.3 Å². The molecule has 1 aliphatic rings. The molecule has 1 aliphatic heterocycles. The zero-order chi connectivity index (χ0) is 22.1. The molecular weight excluding hydrogens is 405 g/mol. The van der Waals surface area contributed by atoms with Gasteiger partial charge in [-0.25, -0.2) is 0 Å². The Labute approximate surface area is 167 Å². The predicted octanol–water partition coefficient (Wildman–Crippen LogP) is 3.08. The summed E-state index contributed by atoms with van der Waals surface area (Å²) in [5, 5.41) is 20.0. The molecule has 0 spiro atoms. The second kappa shape index (κ2) is 7.92. The van der Waals surface area contributed by atoms with E-state index in [0.29, 0.717) is 16.0 Å². The molecule has 154 valence electrons. The fourth-order valence-electron chi connectivity index (χ4n) is 3.15. The molecule has 30 heavy (non-hydrogen) atoms. The molecule has 2 aromatic carbocycles. The highest BCUT2D eigenvalue weighted by Gasteiger charge is 2.42. The first-order valence-corrected chi connectivity index (χ1v) is 8.52. The molecule has 11 heteroatoms. The fourth-order valence-corrected chi connectivity index (χ4v) is 3.15. The van der Waals surface area contributed by atoms with Gasteiger partial charge in [0, 0.05) is 12.6 Å². The first kappa shape index (κ1) is 20.9. The highest BCUT2D eigenvalue weighted by molar-refractivity contribution is 6.23. The van der Waals surface area contributed by atoms with Gasteiger partial charge in [-0.3, -0.25) is 29.5 Å². The number of hydrogen-bond acceptors (Lipinski definition) is 6. The first-order chi connectivity index (χ1) is 14.1. The number of carbonyl (C=O) groups is 2. The molecule has 0 unspecified atom stereocenters. The van der Waals surface area contributed by atoms with Gasteiger partial charge in [-0.05, 0) is 23.8 Å². The third-order valence-corrected chi connectivity index (χ3v) is 4.41. The van der Waals surface area contributed by atoms with Crippen LogP contribution < -0.4 is 0 Å². The topological polar surface area (TPSA) is 108 Å². The Morgan fingerprint density at radius 3 is 2.33 bits per heavy atom. The lowest BCUT2D eigenvalue weighted by atomic mass is 10.1. The average molecular weight is 418 g/mol. The number of benzene rings is 2. The van der Waals surface area contributed by atoms with Crippen LogP contribution in [0.3, 0.4) is 0 Å². The van der Waals surface area contributed by atoms with Crippen LogP contribution in [0.5, 0.6) is 0 Å². The van der Waals surface area contributed by atoms with Crippen molar-refractivity contribution in [2.75, 3.05) is 13.2 Å². The number of alkyl halides is 3. The number of carbonyl (C=O) groups excluding carboxylic acids is 2. The molecule has 0 atom stereocenters. The van der Waals surface area contributed by atoms with Crippen LogP contribution in [0.2, 0.25) is 0 Å². The fraction of sp³-hybridized carbons (Fsp3) is 0.211. The monoisotopic (exact) mass is 418 g/mol. The van der Waals surface area contributed by atoms with Gasteiger partial charge in [0.1, 0.15) is 5.56 Å². The van der Waals surface area contributed by atoms with E-state index in [1.807, 2.05) is 6.07 Å². The Balaban J connectivity index is 1.88. The molecule has 0 saturated heterocycles. The lowest BCUT2D eigenvalue weighted by Gasteiger charge is -2.27. The molecule has 0 fully saturated rings. The maximum absolute atomic E-state index is 13.1. The predicted molar refractivity (Wildman–Crippen MR) is 96.1 cm³/mol. The van der Waals surface area contributed by atoms with Gasteiger partial charge < -0.3 is 0 Å². The summed E-state index contributed by atoms with van der Waals surface area (Å²) in [6.07, 6.45) is -4.61. The Kier molecular flexibility index (Phi) is 5.53. The number of rotatable bonds is 6. The van der Waals surface area contributed by atoms with Gasteiger partial charge in [0.25, 0.3) is 17.5 Å². The van der Waals surface area contributed by atoms with E-state index >= 15 is 0 Å². The molecule has 0 aliphatic carbocycles. The summed E-state index contributed by atoms with van der Waals surface area (Å²) in [6.45, 7) is -2.38. The van der Waals surface area contributed by atoms with Gasteiger partial charge in [-0.2, -0.15) is 18.4 Å². The van der Waals surface area contributed by atoms with Crippen LogP contribution in [0.15, 0.2) is 42.5 Å². The van der Waals surface area contributed by atoms with Crippen molar-refractivity contribution in [2.45, 2.75) is 12.7 Å². The van der Waals surface area contributed by atoms with E-state index < -0.39 is 47.4 Å². The van der Waals surface area contributed by atoms with Crippen LogP contribution in [-0.2, 0) is 6.54 Å². The van der Waals surface area contributed by atoms with E-state index in [0.717, 1.165) is 11.0 Å². The number of halogens is 3. The number of fused-ring (bicyclic) bond motifs is 1. The molecule has 0 saturated carbocycles. The quantitative estimate of drug-likeness (QED) is 0.405. The Morgan fingerprint density at radius 2 is 1.77 bits per heavy atom. The van der Waals surface area contributed by atoms with Crippen LogP contribution in [0.4, 0.5) is 18.9 Å². The highest BCUT2D eigenvalue weighted by Crippen LogP contribution is 2.31. The molecular formula is C19H13F3N4O4. The smallest absolute Gasteiger partial charge is 0.272 e. The summed E-state index contributed by atoms with van der Waals surface area (Å²) in [6, 6.07) is 11.2. The van der Waals surface area contributed by atoms with E-state index in [-0.39, 0.29) is 12.1 Å². The molecule has 0 bridgehead atoms. The number of imide groups is 1.